The second-order valence-corrected chi connectivity index (χ2v) is 7.74. The maximum absolute atomic E-state index is 13.3. The van der Waals surface area contributed by atoms with Crippen LogP contribution < -0.4 is 0 Å². The van der Waals surface area contributed by atoms with E-state index in [1.54, 1.807) is 4.90 Å². The Bertz CT molecular complexity index is 902. The summed E-state index contributed by atoms with van der Waals surface area (Å²) in [6.45, 7) is 4.31. The number of benzene rings is 1. The topological polar surface area (TPSA) is 75.4 Å². The number of carboxylic acid groups (broad SMARTS) is 1. The van der Waals surface area contributed by atoms with Crippen molar-refractivity contribution in [3.63, 3.8) is 0 Å². The summed E-state index contributed by atoms with van der Waals surface area (Å²) in [4.78, 5) is 26.5. The Hall–Kier alpha value is -2.63. The Morgan fingerprint density at radius 2 is 1.96 bits per heavy atom. The number of nitrogens with zero attached hydrogens (tertiary/aromatic N) is 3. The van der Waals surface area contributed by atoms with E-state index in [4.69, 9.17) is 5.10 Å². The van der Waals surface area contributed by atoms with Gasteiger partial charge in [0.15, 0.2) is 5.69 Å². The highest BCUT2D eigenvalue weighted by Crippen LogP contribution is 2.31. The highest BCUT2D eigenvalue weighted by Gasteiger charge is 2.36. The van der Waals surface area contributed by atoms with Crippen LogP contribution >= 0.6 is 0 Å². The molecular formula is C21H25N3O3. The third kappa shape index (κ3) is 3.03. The predicted molar refractivity (Wildman–Crippen MR) is 101 cm³/mol. The lowest BCUT2D eigenvalue weighted by Gasteiger charge is -2.36. The summed E-state index contributed by atoms with van der Waals surface area (Å²) in [5.74, 6) is -1.44. The molecule has 1 fully saturated rings. The molecule has 1 aromatic carbocycles. The molecule has 6 heteroatoms. The number of carbonyl (C=O) groups excluding carboxylic acids is 1. The molecule has 2 unspecified atom stereocenters. The second-order valence-electron chi connectivity index (χ2n) is 7.74. The highest BCUT2D eigenvalue weighted by molar-refractivity contribution is 5.95. The van der Waals surface area contributed by atoms with Crippen LogP contribution in [0, 0.1) is 12.8 Å². The number of piperidine rings is 1. The van der Waals surface area contributed by atoms with E-state index in [1.807, 2.05) is 42.8 Å². The lowest BCUT2D eigenvalue weighted by Crippen LogP contribution is -2.47. The van der Waals surface area contributed by atoms with Gasteiger partial charge in [0.25, 0.3) is 5.91 Å². The minimum atomic E-state index is -0.824. The van der Waals surface area contributed by atoms with Crippen molar-refractivity contribution < 1.29 is 14.7 Å². The number of likely N-dealkylation sites (tertiary alicyclic amines) is 1. The molecule has 4 rings (SSSR count). The maximum Gasteiger partial charge on any atom is 0.308 e. The van der Waals surface area contributed by atoms with Gasteiger partial charge in [-0.15, -0.1) is 0 Å². The third-order valence-electron chi connectivity index (χ3n) is 5.97. The van der Waals surface area contributed by atoms with Crippen LogP contribution in [0.25, 0.3) is 5.69 Å². The number of aliphatic carboxylic acids is 1. The van der Waals surface area contributed by atoms with Crippen molar-refractivity contribution in [3.8, 4) is 5.69 Å². The zero-order valence-electron chi connectivity index (χ0n) is 15.8. The fourth-order valence-electron chi connectivity index (χ4n) is 4.34. The molecule has 1 aliphatic heterocycles. The van der Waals surface area contributed by atoms with E-state index >= 15 is 0 Å². The quantitative estimate of drug-likeness (QED) is 0.905. The molecule has 1 aromatic heterocycles. The molecule has 2 aromatic rings. The summed E-state index contributed by atoms with van der Waals surface area (Å²) in [6, 6.07) is 8.09. The van der Waals surface area contributed by atoms with E-state index in [0.29, 0.717) is 18.5 Å². The zero-order chi connectivity index (χ0) is 19.1. The first-order valence-corrected chi connectivity index (χ1v) is 9.68. The van der Waals surface area contributed by atoms with Crippen LogP contribution in [0.5, 0.6) is 0 Å². The van der Waals surface area contributed by atoms with E-state index in [1.165, 1.54) is 0 Å². The number of carboxylic acids is 1. The van der Waals surface area contributed by atoms with Gasteiger partial charge in [-0.3, -0.25) is 9.59 Å². The average molecular weight is 367 g/mol. The van der Waals surface area contributed by atoms with Gasteiger partial charge in [-0.05, 0) is 57.6 Å². The first kappa shape index (κ1) is 17.8. The van der Waals surface area contributed by atoms with Gasteiger partial charge in [0.2, 0.25) is 0 Å². The summed E-state index contributed by atoms with van der Waals surface area (Å²) in [6.07, 6.45) is 4.12. The summed E-state index contributed by atoms with van der Waals surface area (Å²) >= 11 is 0. The molecule has 2 aliphatic rings. The van der Waals surface area contributed by atoms with Crippen LogP contribution in [0.2, 0.25) is 0 Å². The lowest BCUT2D eigenvalue weighted by molar-refractivity contribution is -0.143. The van der Waals surface area contributed by atoms with Crippen molar-refractivity contribution >= 4 is 11.9 Å². The highest BCUT2D eigenvalue weighted by atomic mass is 16.4. The lowest BCUT2D eigenvalue weighted by atomic mass is 9.93. The number of aromatic nitrogens is 2. The molecule has 2 heterocycles. The Labute approximate surface area is 158 Å². The van der Waals surface area contributed by atoms with Crippen LogP contribution in [0.3, 0.4) is 0 Å². The fourth-order valence-corrected chi connectivity index (χ4v) is 4.34. The van der Waals surface area contributed by atoms with Gasteiger partial charge in [0.1, 0.15) is 0 Å². The normalized spacial score (nSPS) is 21.9. The molecule has 0 saturated carbocycles. The minimum Gasteiger partial charge on any atom is -0.481 e. The van der Waals surface area contributed by atoms with E-state index in [2.05, 4.69) is 0 Å². The standard InChI is InChI=1S/C21H25N3O3/c1-13-6-3-4-8-17(13)24-18-9-5-7-16(18)19(22-24)20(25)23-12-15(21(26)27)11-10-14(23)2/h3-4,6,8,14-15H,5,7,9-12H2,1-2H3,(H,26,27). The van der Waals surface area contributed by atoms with E-state index in [0.717, 1.165) is 41.8 Å². The average Bonchev–Trinajstić information content (AvgIpc) is 3.24. The first-order chi connectivity index (χ1) is 13.0. The number of aryl methyl sites for hydroxylation is 1. The number of carbonyl (C=O) groups is 2. The molecule has 27 heavy (non-hydrogen) atoms. The van der Waals surface area contributed by atoms with Crippen molar-refractivity contribution in [3.05, 3.63) is 46.8 Å². The van der Waals surface area contributed by atoms with Crippen molar-refractivity contribution in [2.45, 2.75) is 52.0 Å². The fraction of sp³-hybridized carbons (Fsp3) is 0.476. The number of para-hydroxylation sites is 1. The number of amides is 1. The first-order valence-electron chi connectivity index (χ1n) is 9.68. The van der Waals surface area contributed by atoms with Gasteiger partial charge in [-0.25, -0.2) is 4.68 Å². The number of rotatable bonds is 3. The molecular weight excluding hydrogens is 342 g/mol. The van der Waals surface area contributed by atoms with Gasteiger partial charge in [-0.2, -0.15) is 5.10 Å². The summed E-state index contributed by atoms with van der Waals surface area (Å²) in [5.41, 5.74) is 4.78. The van der Waals surface area contributed by atoms with Gasteiger partial charge >= 0.3 is 5.97 Å². The zero-order valence-corrected chi connectivity index (χ0v) is 15.8. The van der Waals surface area contributed by atoms with Gasteiger partial charge in [0, 0.05) is 23.8 Å². The Balaban J connectivity index is 1.72. The molecule has 0 spiro atoms. The molecule has 1 saturated heterocycles. The van der Waals surface area contributed by atoms with Crippen LogP contribution in [0.4, 0.5) is 0 Å². The summed E-state index contributed by atoms with van der Waals surface area (Å²) in [7, 11) is 0. The summed E-state index contributed by atoms with van der Waals surface area (Å²) in [5, 5.41) is 14.1. The van der Waals surface area contributed by atoms with Crippen LogP contribution in [0.15, 0.2) is 24.3 Å². The third-order valence-corrected chi connectivity index (χ3v) is 5.97. The predicted octanol–water partition coefficient (Wildman–Crippen LogP) is 2.99. The Morgan fingerprint density at radius 3 is 2.70 bits per heavy atom. The molecule has 1 aliphatic carbocycles. The SMILES string of the molecule is Cc1ccccc1-n1nc(C(=O)N2CC(C(=O)O)CCC2C)c2c1CCC2. The monoisotopic (exact) mass is 367 g/mol. The molecule has 2 atom stereocenters. The van der Waals surface area contributed by atoms with Gasteiger partial charge < -0.3 is 10.0 Å². The van der Waals surface area contributed by atoms with E-state index in [-0.39, 0.29) is 18.5 Å². The molecule has 6 nitrogen and oxygen atoms in total. The second kappa shape index (κ2) is 6.83. The van der Waals surface area contributed by atoms with Crippen molar-refractivity contribution in [1.29, 1.82) is 0 Å². The Morgan fingerprint density at radius 1 is 1.19 bits per heavy atom. The maximum atomic E-state index is 13.3. The van der Waals surface area contributed by atoms with E-state index < -0.39 is 11.9 Å². The molecule has 1 N–H and O–H groups in total. The van der Waals surface area contributed by atoms with Crippen molar-refractivity contribution in [2.75, 3.05) is 6.54 Å². The molecule has 142 valence electrons. The largest absolute Gasteiger partial charge is 0.481 e. The molecule has 0 radical (unpaired) electrons. The smallest absolute Gasteiger partial charge is 0.308 e. The van der Waals surface area contributed by atoms with Crippen LogP contribution in [-0.2, 0) is 17.6 Å². The minimum absolute atomic E-state index is 0.0359. The number of hydrogen-bond acceptors (Lipinski definition) is 3. The van der Waals surface area contributed by atoms with Crippen molar-refractivity contribution in [1.82, 2.24) is 14.7 Å². The Kier molecular flexibility index (Phi) is 4.50. The van der Waals surface area contributed by atoms with Crippen LogP contribution in [0.1, 0.15) is 53.5 Å². The summed E-state index contributed by atoms with van der Waals surface area (Å²) < 4.78 is 1.92. The molecule has 0 bridgehead atoms. The van der Waals surface area contributed by atoms with Gasteiger partial charge in [-0.1, -0.05) is 18.2 Å². The van der Waals surface area contributed by atoms with E-state index in [9.17, 15) is 14.7 Å². The van der Waals surface area contributed by atoms with Crippen molar-refractivity contribution in [2.24, 2.45) is 5.92 Å². The molecule has 1 amide bonds. The number of hydrogen-bond donors (Lipinski definition) is 1. The number of fused-ring (bicyclic) bond motifs is 1. The van der Waals surface area contributed by atoms with Crippen LogP contribution in [-0.4, -0.2) is 44.3 Å². The van der Waals surface area contributed by atoms with Gasteiger partial charge in [0.05, 0.1) is 11.6 Å².